The molecule has 0 radical (unpaired) electrons. The Bertz CT molecular complexity index is 1760. The van der Waals surface area contributed by atoms with Crippen LogP contribution in [-0.4, -0.2) is 168 Å². The van der Waals surface area contributed by atoms with Crippen LogP contribution in [0.1, 0.15) is 113 Å². The van der Waals surface area contributed by atoms with Gasteiger partial charge in [0.1, 0.15) is 54.9 Å². The Morgan fingerprint density at radius 2 is 1.38 bits per heavy atom. The number of hydrogen-bond donors (Lipinski definition) is 10. The molecule has 0 aromatic carbocycles. The summed E-state index contributed by atoms with van der Waals surface area (Å²) in [5, 5.41) is 109. The molecule has 0 amide bonds. The molecule has 7 fully saturated rings. The maximum atomic E-state index is 12.4. The van der Waals surface area contributed by atoms with Gasteiger partial charge in [-0.15, -0.1) is 0 Å². The maximum Gasteiger partial charge on any atom is 0.335 e. The average molecular weight is 913 g/mol. The van der Waals surface area contributed by atoms with E-state index in [0.717, 1.165) is 44.9 Å². The van der Waals surface area contributed by atoms with E-state index in [1.165, 1.54) is 12.5 Å². The summed E-state index contributed by atoms with van der Waals surface area (Å²) >= 11 is 0. The standard InChI is InChI=1S/C47H76O17/c1-21-29(51)31(53)34(56)39(60-21)63-36-30(52)24(49)19-59-40(36)64-37-33(55)32(54)35(38(57)58)62-41(37)61-28-12-13-44(5)25(45(28,6)20-48)11-14-47(8)26(44)10-9-22-23-17-42(2,3)18-27(50)43(23,4)15-16-46(22,47)7/h9,21,23-37,39-41,48-56H,10-20H2,1-8H3,(H,57,58)/t21?,23-,24?,25?,26-,27?,28?,29?,30?,31?,32?,33?,34?,35?,36?,37?,39?,40?,41?,43-,44+,45?,46-,47-/m1/s1. The lowest BCUT2D eigenvalue weighted by Gasteiger charge is -2.72. The minimum Gasteiger partial charge on any atom is -0.479 e. The molecule has 17 nitrogen and oxygen atoms in total. The number of aliphatic hydroxyl groups is 9. The molecule has 3 saturated heterocycles. The average Bonchev–Trinajstić information content (AvgIpc) is 3.22. The highest BCUT2D eigenvalue weighted by Gasteiger charge is 2.70. The van der Waals surface area contributed by atoms with Crippen LogP contribution < -0.4 is 0 Å². The molecule has 0 aromatic rings. The molecule has 64 heavy (non-hydrogen) atoms. The predicted molar refractivity (Wildman–Crippen MR) is 225 cm³/mol. The minimum absolute atomic E-state index is 0.0286. The lowest BCUT2D eigenvalue weighted by molar-refractivity contribution is -0.387. The first kappa shape index (κ1) is 49.0. The summed E-state index contributed by atoms with van der Waals surface area (Å²) < 4.78 is 36.1. The SMILES string of the molecule is CC1OC(OC2C(OC3C(OC4CC[C@@]5(C)C(CC[C@]6(C)[C@@H]5CC=C5[C@H]7CC(C)(C)CC(O)[C@]7(C)CC[C@]56C)C4(C)CO)OC(C(=O)O)C(O)C3O)OCC(O)C2O)C(O)C(O)C1O. The van der Waals surface area contributed by atoms with Crippen LogP contribution in [0, 0.1) is 50.2 Å². The van der Waals surface area contributed by atoms with Crippen LogP contribution >= 0.6 is 0 Å². The monoisotopic (exact) mass is 913 g/mol. The fourth-order valence-electron chi connectivity index (χ4n) is 14.8. The number of hydrogen-bond acceptors (Lipinski definition) is 16. The van der Waals surface area contributed by atoms with Gasteiger partial charge in [-0.05, 0) is 104 Å². The first-order valence-electron chi connectivity index (χ1n) is 23.7. The van der Waals surface area contributed by atoms with Crippen LogP contribution in [-0.2, 0) is 33.2 Å². The lowest BCUT2D eigenvalue weighted by atomic mass is 9.33. The van der Waals surface area contributed by atoms with E-state index in [1.807, 2.05) is 6.92 Å². The molecule has 3 aliphatic heterocycles. The molecule has 5 aliphatic carbocycles. The van der Waals surface area contributed by atoms with Crippen molar-refractivity contribution in [3.05, 3.63) is 11.6 Å². The van der Waals surface area contributed by atoms with Gasteiger partial charge >= 0.3 is 5.97 Å². The number of carboxylic acids is 1. The maximum absolute atomic E-state index is 12.4. The summed E-state index contributed by atoms with van der Waals surface area (Å²) in [4.78, 5) is 12.4. The van der Waals surface area contributed by atoms with E-state index in [-0.39, 0.29) is 51.6 Å². The molecule has 8 aliphatic rings. The number of fused-ring (bicyclic) bond motifs is 7. The van der Waals surface area contributed by atoms with Crippen LogP contribution in [0.2, 0.25) is 0 Å². The number of aliphatic carboxylic acids is 1. The lowest BCUT2D eigenvalue weighted by Crippen LogP contribution is -2.68. The van der Waals surface area contributed by atoms with Crippen LogP contribution in [0.3, 0.4) is 0 Å². The second-order valence-electron chi connectivity index (χ2n) is 23.2. The Balaban J connectivity index is 1.06. The molecular weight excluding hydrogens is 837 g/mol. The highest BCUT2D eigenvalue weighted by molar-refractivity contribution is 5.73. The van der Waals surface area contributed by atoms with Crippen LogP contribution in [0.25, 0.3) is 0 Å². The Morgan fingerprint density at radius 3 is 2.05 bits per heavy atom. The molecule has 0 spiro atoms. The smallest absolute Gasteiger partial charge is 0.335 e. The molecule has 24 atom stereocenters. The summed E-state index contributed by atoms with van der Waals surface area (Å²) in [7, 11) is 0. The summed E-state index contributed by atoms with van der Waals surface area (Å²) in [6.45, 7) is 16.8. The van der Waals surface area contributed by atoms with E-state index in [0.29, 0.717) is 18.8 Å². The van der Waals surface area contributed by atoms with Gasteiger partial charge in [0.05, 0.1) is 31.5 Å². The number of rotatable bonds is 8. The van der Waals surface area contributed by atoms with Gasteiger partial charge in [-0.3, -0.25) is 0 Å². The van der Waals surface area contributed by atoms with Crippen molar-refractivity contribution in [1.82, 2.24) is 0 Å². The molecule has 10 N–H and O–H groups in total. The molecule has 17 heteroatoms. The van der Waals surface area contributed by atoms with Crippen molar-refractivity contribution in [3.63, 3.8) is 0 Å². The van der Waals surface area contributed by atoms with Gasteiger partial charge in [0.25, 0.3) is 0 Å². The van der Waals surface area contributed by atoms with Gasteiger partial charge in [-0.25, -0.2) is 4.79 Å². The van der Waals surface area contributed by atoms with Crippen molar-refractivity contribution in [2.45, 2.75) is 211 Å². The van der Waals surface area contributed by atoms with Crippen molar-refractivity contribution in [2.24, 2.45) is 50.2 Å². The largest absolute Gasteiger partial charge is 0.479 e. The summed E-state index contributed by atoms with van der Waals surface area (Å²) in [6.07, 6.45) is -14.5. The third-order valence-corrected chi connectivity index (χ3v) is 19.1. The fraction of sp³-hybridized carbons (Fsp3) is 0.936. The molecule has 4 saturated carbocycles. The molecule has 8 rings (SSSR count). The van der Waals surface area contributed by atoms with E-state index in [9.17, 15) is 55.9 Å². The summed E-state index contributed by atoms with van der Waals surface area (Å²) in [6, 6.07) is 0. The van der Waals surface area contributed by atoms with Gasteiger partial charge in [-0.2, -0.15) is 0 Å². The third kappa shape index (κ3) is 7.49. The quantitative estimate of drug-likeness (QED) is 0.122. The Kier molecular flexibility index (Phi) is 13.0. The minimum atomic E-state index is -2.01. The van der Waals surface area contributed by atoms with Gasteiger partial charge in [0.2, 0.25) is 0 Å². The van der Waals surface area contributed by atoms with Crippen LogP contribution in [0.5, 0.6) is 0 Å². The van der Waals surface area contributed by atoms with Gasteiger partial charge in [-0.1, -0.05) is 60.1 Å². The molecule has 0 bridgehead atoms. The molecule has 366 valence electrons. The summed E-state index contributed by atoms with van der Waals surface area (Å²) in [5.41, 5.74) is 0.0929. The van der Waals surface area contributed by atoms with Gasteiger partial charge < -0.3 is 79.5 Å². The fourth-order valence-corrected chi connectivity index (χ4v) is 14.8. The van der Waals surface area contributed by atoms with Crippen molar-refractivity contribution >= 4 is 5.97 Å². The number of carbonyl (C=O) groups is 1. The summed E-state index contributed by atoms with van der Waals surface area (Å²) in [5.74, 6) is -1.05. The van der Waals surface area contributed by atoms with E-state index >= 15 is 0 Å². The Hall–Kier alpha value is -1.39. The van der Waals surface area contributed by atoms with Crippen molar-refractivity contribution in [3.8, 4) is 0 Å². The molecular formula is C47H76O17. The van der Waals surface area contributed by atoms with Gasteiger partial charge in [0.15, 0.2) is 25.0 Å². The highest BCUT2D eigenvalue weighted by Crippen LogP contribution is 2.76. The normalized spacial score (nSPS) is 56.1. The number of allylic oxidation sites excluding steroid dienone is 2. The van der Waals surface area contributed by atoms with E-state index in [4.69, 9.17) is 28.4 Å². The number of ether oxygens (including phenoxy) is 6. The molecule has 18 unspecified atom stereocenters. The third-order valence-electron chi connectivity index (χ3n) is 19.1. The zero-order valence-electron chi connectivity index (χ0n) is 38.7. The first-order valence-corrected chi connectivity index (χ1v) is 23.7. The highest BCUT2D eigenvalue weighted by atomic mass is 16.8. The number of aliphatic hydroxyl groups excluding tert-OH is 9. The van der Waals surface area contributed by atoms with Crippen molar-refractivity contribution in [2.75, 3.05) is 13.2 Å². The number of carboxylic acid groups (broad SMARTS) is 1. The van der Waals surface area contributed by atoms with E-state index < -0.39 is 110 Å². The Morgan fingerprint density at radius 1 is 0.703 bits per heavy atom. The zero-order valence-corrected chi connectivity index (χ0v) is 38.7. The van der Waals surface area contributed by atoms with E-state index in [2.05, 4.69) is 47.6 Å². The topological polar surface area (TPSA) is 275 Å². The second kappa shape index (κ2) is 16.9. The van der Waals surface area contributed by atoms with E-state index in [1.54, 1.807) is 0 Å². The Labute approximate surface area is 376 Å². The second-order valence-corrected chi connectivity index (χ2v) is 23.2. The predicted octanol–water partition coefficient (Wildman–Crippen LogP) is 1.34. The van der Waals surface area contributed by atoms with Crippen molar-refractivity contribution in [1.29, 1.82) is 0 Å². The molecule has 0 aromatic heterocycles. The van der Waals surface area contributed by atoms with Crippen LogP contribution in [0.4, 0.5) is 0 Å². The first-order chi connectivity index (χ1) is 29.8. The van der Waals surface area contributed by atoms with Crippen molar-refractivity contribution < 1.29 is 84.3 Å². The van der Waals surface area contributed by atoms with Gasteiger partial charge in [0, 0.05) is 10.8 Å². The van der Waals surface area contributed by atoms with Crippen LogP contribution in [0.15, 0.2) is 11.6 Å². The zero-order chi connectivity index (χ0) is 46.9. The molecule has 3 heterocycles.